The van der Waals surface area contributed by atoms with Gasteiger partial charge in [0.05, 0.1) is 23.7 Å². The predicted octanol–water partition coefficient (Wildman–Crippen LogP) is 2.69. The average molecular weight is 400 g/mol. The molecule has 154 valence electrons. The molecule has 0 aliphatic heterocycles. The quantitative estimate of drug-likeness (QED) is 0.357. The lowest BCUT2D eigenvalue weighted by atomic mass is 10.3. The van der Waals surface area contributed by atoms with E-state index < -0.39 is 14.6 Å². The van der Waals surface area contributed by atoms with E-state index in [9.17, 15) is 8.42 Å². The Morgan fingerprint density at radius 2 is 1.96 bits per heavy atom. The second kappa shape index (κ2) is 11.1. The van der Waals surface area contributed by atoms with Gasteiger partial charge in [-0.15, -0.1) is 0 Å². The molecule has 0 bridgehead atoms. The molecule has 2 N–H and O–H groups in total. The second-order valence-corrected chi connectivity index (χ2v) is 9.90. The normalized spacial score (nSPS) is 12.7. The number of anilines is 1. The van der Waals surface area contributed by atoms with Gasteiger partial charge in [-0.3, -0.25) is 4.99 Å². The van der Waals surface area contributed by atoms with Crippen LogP contribution in [0.1, 0.15) is 34.1 Å². The number of rotatable bonds is 10. The van der Waals surface area contributed by atoms with Gasteiger partial charge in [-0.1, -0.05) is 6.07 Å². The van der Waals surface area contributed by atoms with E-state index in [0.29, 0.717) is 25.7 Å². The number of hydrogen-bond donors (Lipinski definition) is 2. The Morgan fingerprint density at radius 1 is 1.22 bits per heavy atom. The molecule has 0 amide bonds. The van der Waals surface area contributed by atoms with Crippen LogP contribution in [0.2, 0.25) is 0 Å². The number of benzene rings is 1. The third-order valence-corrected chi connectivity index (χ3v) is 6.35. The van der Waals surface area contributed by atoms with Crippen LogP contribution in [0.25, 0.3) is 0 Å². The summed E-state index contributed by atoms with van der Waals surface area (Å²) in [5.41, 5.74) is 0.817. The highest BCUT2D eigenvalue weighted by Crippen LogP contribution is 2.18. The number of aliphatic imine (C=N–C) groups is 1. The van der Waals surface area contributed by atoms with E-state index in [1.54, 1.807) is 27.9 Å². The number of hydrogen-bond acceptors (Lipinski definition) is 5. The van der Waals surface area contributed by atoms with Gasteiger partial charge >= 0.3 is 0 Å². The Morgan fingerprint density at radius 3 is 2.59 bits per heavy atom. The lowest BCUT2D eigenvalue weighted by molar-refractivity contribution is 0.172. The highest BCUT2D eigenvalue weighted by Gasteiger charge is 2.28. The molecule has 0 saturated carbocycles. The first-order chi connectivity index (χ1) is 12.7. The summed E-state index contributed by atoms with van der Waals surface area (Å²) in [6.45, 7) is 9.17. The van der Waals surface area contributed by atoms with Crippen molar-refractivity contribution < 1.29 is 17.9 Å². The van der Waals surface area contributed by atoms with Crippen molar-refractivity contribution in [3.63, 3.8) is 0 Å². The van der Waals surface area contributed by atoms with Gasteiger partial charge in [0.15, 0.2) is 15.8 Å². The molecule has 7 nitrogen and oxygen atoms in total. The molecule has 0 aliphatic rings. The Kier molecular flexibility index (Phi) is 9.59. The fraction of sp³-hybridized carbons (Fsp3) is 0.632. The Labute approximate surface area is 163 Å². The first-order valence-corrected chi connectivity index (χ1v) is 10.8. The maximum atomic E-state index is 12.2. The SMILES string of the molecule is CCNC(=NCCS(=O)(=O)C(C)(C)C)Nc1cccc(OCCCOC)c1. The van der Waals surface area contributed by atoms with Crippen LogP contribution in [-0.2, 0) is 14.6 Å². The van der Waals surface area contributed by atoms with Crippen molar-refractivity contribution in [1.82, 2.24) is 5.32 Å². The largest absolute Gasteiger partial charge is 0.493 e. The van der Waals surface area contributed by atoms with Gasteiger partial charge in [0.1, 0.15) is 5.75 Å². The number of ether oxygens (including phenoxy) is 2. The number of methoxy groups -OCH3 is 1. The molecule has 0 saturated heterocycles. The van der Waals surface area contributed by atoms with E-state index in [2.05, 4.69) is 15.6 Å². The number of nitrogens with zero attached hydrogens (tertiary/aromatic N) is 1. The van der Waals surface area contributed by atoms with Crippen LogP contribution < -0.4 is 15.4 Å². The minimum atomic E-state index is -3.20. The van der Waals surface area contributed by atoms with E-state index in [-0.39, 0.29) is 12.3 Å². The van der Waals surface area contributed by atoms with Crippen molar-refractivity contribution in [2.45, 2.75) is 38.9 Å². The van der Waals surface area contributed by atoms with Crippen LogP contribution in [0.4, 0.5) is 5.69 Å². The molecule has 1 rings (SSSR count). The van der Waals surface area contributed by atoms with Crippen molar-refractivity contribution in [3.05, 3.63) is 24.3 Å². The molecular formula is C19H33N3O4S. The monoisotopic (exact) mass is 399 g/mol. The van der Waals surface area contributed by atoms with Crippen LogP contribution in [0, 0.1) is 0 Å². The van der Waals surface area contributed by atoms with Crippen molar-refractivity contribution in [2.24, 2.45) is 4.99 Å². The molecular weight excluding hydrogens is 366 g/mol. The van der Waals surface area contributed by atoms with Crippen molar-refractivity contribution in [1.29, 1.82) is 0 Å². The number of guanidine groups is 1. The Hall–Kier alpha value is -1.80. The molecule has 0 aliphatic carbocycles. The molecule has 1 aromatic carbocycles. The molecule has 0 fully saturated rings. The molecule has 0 unspecified atom stereocenters. The lowest BCUT2D eigenvalue weighted by Crippen LogP contribution is -2.33. The maximum absolute atomic E-state index is 12.2. The molecule has 0 atom stereocenters. The molecule has 1 aromatic rings. The number of nitrogens with one attached hydrogen (secondary N) is 2. The van der Waals surface area contributed by atoms with Gasteiger partial charge in [-0.25, -0.2) is 8.42 Å². The van der Waals surface area contributed by atoms with Gasteiger partial charge in [-0.05, 0) is 39.8 Å². The highest BCUT2D eigenvalue weighted by atomic mass is 32.2. The molecule has 0 radical (unpaired) electrons. The number of sulfone groups is 1. The average Bonchev–Trinajstić information content (AvgIpc) is 2.58. The van der Waals surface area contributed by atoms with Crippen LogP contribution in [0.5, 0.6) is 5.75 Å². The molecule has 0 spiro atoms. The van der Waals surface area contributed by atoms with E-state index in [1.165, 1.54) is 0 Å². The molecule has 8 heteroatoms. The van der Waals surface area contributed by atoms with E-state index in [0.717, 1.165) is 17.9 Å². The zero-order chi connectivity index (χ0) is 20.3. The summed E-state index contributed by atoms with van der Waals surface area (Å²) in [4.78, 5) is 4.38. The molecule has 27 heavy (non-hydrogen) atoms. The van der Waals surface area contributed by atoms with Gasteiger partial charge in [0.2, 0.25) is 0 Å². The van der Waals surface area contributed by atoms with Crippen LogP contribution >= 0.6 is 0 Å². The fourth-order valence-corrected chi connectivity index (χ4v) is 3.03. The predicted molar refractivity (Wildman–Crippen MR) is 112 cm³/mol. The van der Waals surface area contributed by atoms with Crippen LogP contribution in [0.3, 0.4) is 0 Å². The summed E-state index contributed by atoms with van der Waals surface area (Å²) >= 11 is 0. The molecule has 0 heterocycles. The standard InChI is InChI=1S/C19H33N3O4S/c1-6-20-18(21-11-14-27(23,24)19(2,3)4)22-16-9-7-10-17(15-16)26-13-8-12-25-5/h7,9-10,15H,6,8,11-14H2,1-5H3,(H2,20,21,22). The summed E-state index contributed by atoms with van der Waals surface area (Å²) in [5, 5.41) is 6.31. The van der Waals surface area contributed by atoms with Crippen LogP contribution in [-0.4, -0.2) is 58.3 Å². The zero-order valence-electron chi connectivity index (χ0n) is 17.0. The van der Waals surface area contributed by atoms with E-state index in [4.69, 9.17) is 9.47 Å². The summed E-state index contributed by atoms with van der Waals surface area (Å²) < 4.78 is 34.3. The van der Waals surface area contributed by atoms with Crippen LogP contribution in [0.15, 0.2) is 29.3 Å². The Balaban J connectivity index is 2.71. The molecule has 0 aromatic heterocycles. The Bertz CT molecular complexity index is 697. The first-order valence-electron chi connectivity index (χ1n) is 9.19. The summed E-state index contributed by atoms with van der Waals surface area (Å²) in [6, 6.07) is 7.56. The van der Waals surface area contributed by atoms with E-state index in [1.807, 2.05) is 31.2 Å². The third-order valence-electron chi connectivity index (χ3n) is 3.77. The van der Waals surface area contributed by atoms with Crippen molar-refractivity contribution in [2.75, 3.05) is 44.5 Å². The minimum Gasteiger partial charge on any atom is -0.493 e. The van der Waals surface area contributed by atoms with Gasteiger partial charge in [0, 0.05) is 38.4 Å². The highest BCUT2D eigenvalue weighted by molar-refractivity contribution is 7.92. The topological polar surface area (TPSA) is 89.0 Å². The zero-order valence-corrected chi connectivity index (χ0v) is 17.9. The summed E-state index contributed by atoms with van der Waals surface area (Å²) in [6.07, 6.45) is 0.820. The maximum Gasteiger partial charge on any atom is 0.195 e. The van der Waals surface area contributed by atoms with Gasteiger partial charge in [-0.2, -0.15) is 0 Å². The van der Waals surface area contributed by atoms with Gasteiger partial charge in [0.25, 0.3) is 0 Å². The third kappa shape index (κ3) is 8.62. The smallest absolute Gasteiger partial charge is 0.195 e. The van der Waals surface area contributed by atoms with Gasteiger partial charge < -0.3 is 20.1 Å². The van der Waals surface area contributed by atoms with Crippen molar-refractivity contribution in [3.8, 4) is 5.75 Å². The lowest BCUT2D eigenvalue weighted by Gasteiger charge is -2.18. The minimum absolute atomic E-state index is 0.00965. The second-order valence-electron chi connectivity index (χ2n) is 7.04. The van der Waals surface area contributed by atoms with E-state index >= 15 is 0 Å². The first kappa shape index (κ1) is 23.2. The summed E-state index contributed by atoms with van der Waals surface area (Å²) in [5.74, 6) is 1.30. The summed E-state index contributed by atoms with van der Waals surface area (Å²) in [7, 11) is -1.53. The van der Waals surface area contributed by atoms with Crippen molar-refractivity contribution >= 4 is 21.5 Å². The fourth-order valence-electron chi connectivity index (χ4n) is 2.08.